The van der Waals surface area contributed by atoms with Crippen LogP contribution in [0.25, 0.3) is 0 Å². The molecule has 2 aromatic heterocycles. The molecule has 1 saturated heterocycles. The molecule has 3 heterocycles. The molecule has 6 nitrogen and oxygen atoms in total. The van der Waals surface area contributed by atoms with Crippen molar-refractivity contribution in [3.05, 3.63) is 22.5 Å². The lowest BCUT2D eigenvalue weighted by molar-refractivity contribution is 0.440. The molecule has 2 aromatic rings. The topological polar surface area (TPSA) is 58.0 Å². The first kappa shape index (κ1) is 16.7. The van der Waals surface area contributed by atoms with Crippen molar-refractivity contribution in [2.75, 3.05) is 36.0 Å². The number of nitrogens with zero attached hydrogens (tertiary/aromatic N) is 6. The number of aryl methyl sites for hydroxylation is 2. The van der Waals surface area contributed by atoms with E-state index in [9.17, 15) is 0 Å². The zero-order valence-corrected chi connectivity index (χ0v) is 15.9. The average molecular weight is 359 g/mol. The number of aromatic nitrogens is 4. The van der Waals surface area contributed by atoms with Gasteiger partial charge in [-0.3, -0.25) is 0 Å². The molecule has 2 aliphatic rings. The van der Waals surface area contributed by atoms with Crippen LogP contribution < -0.4 is 9.80 Å². The van der Waals surface area contributed by atoms with Crippen LogP contribution in [0.3, 0.4) is 0 Å². The molecule has 0 amide bonds. The lowest BCUT2D eigenvalue weighted by Gasteiger charge is -2.34. The monoisotopic (exact) mass is 358 g/mol. The van der Waals surface area contributed by atoms with Gasteiger partial charge in [0.1, 0.15) is 5.01 Å². The molecule has 7 heteroatoms. The summed E-state index contributed by atoms with van der Waals surface area (Å²) in [6, 6.07) is 2.02. The summed E-state index contributed by atoms with van der Waals surface area (Å²) in [5.41, 5.74) is 2.07. The Labute approximate surface area is 153 Å². The summed E-state index contributed by atoms with van der Waals surface area (Å²) in [4.78, 5) is 13.8. The van der Waals surface area contributed by atoms with Crippen LogP contribution in [0.15, 0.2) is 6.07 Å². The van der Waals surface area contributed by atoms with Gasteiger partial charge in [-0.25, -0.2) is 9.97 Å². The quantitative estimate of drug-likeness (QED) is 0.839. The van der Waals surface area contributed by atoms with Crippen LogP contribution in [0.4, 0.5) is 11.1 Å². The Morgan fingerprint density at radius 1 is 0.880 bits per heavy atom. The van der Waals surface area contributed by atoms with E-state index in [0.29, 0.717) is 5.92 Å². The molecule has 0 spiro atoms. The third-order valence-electron chi connectivity index (χ3n) is 5.19. The Kier molecular flexibility index (Phi) is 4.83. The van der Waals surface area contributed by atoms with E-state index in [2.05, 4.69) is 30.0 Å². The number of anilines is 2. The van der Waals surface area contributed by atoms with E-state index in [1.165, 1.54) is 37.1 Å². The third kappa shape index (κ3) is 3.76. The van der Waals surface area contributed by atoms with Gasteiger partial charge in [0.25, 0.3) is 0 Å². The zero-order valence-electron chi connectivity index (χ0n) is 15.1. The SMILES string of the molecule is Cc1cc(C)nc(N2CCN(c3nnc(C4CCCCC4)s3)CC2)n1. The minimum Gasteiger partial charge on any atom is -0.343 e. The van der Waals surface area contributed by atoms with Gasteiger partial charge in [0, 0.05) is 43.5 Å². The molecule has 25 heavy (non-hydrogen) atoms. The molecule has 0 bridgehead atoms. The molecule has 1 aliphatic heterocycles. The second kappa shape index (κ2) is 7.23. The van der Waals surface area contributed by atoms with Gasteiger partial charge in [-0.2, -0.15) is 0 Å². The molecule has 0 unspecified atom stereocenters. The van der Waals surface area contributed by atoms with Crippen LogP contribution in [0.2, 0.25) is 0 Å². The van der Waals surface area contributed by atoms with Crippen molar-refractivity contribution in [2.24, 2.45) is 0 Å². The molecule has 1 aliphatic carbocycles. The van der Waals surface area contributed by atoms with Gasteiger partial charge in [-0.05, 0) is 32.8 Å². The van der Waals surface area contributed by atoms with Gasteiger partial charge in [0.15, 0.2) is 0 Å². The van der Waals surface area contributed by atoms with Crippen molar-refractivity contribution in [3.8, 4) is 0 Å². The minimum absolute atomic E-state index is 0.643. The summed E-state index contributed by atoms with van der Waals surface area (Å²) in [5, 5.41) is 11.3. The van der Waals surface area contributed by atoms with Crippen LogP contribution in [0, 0.1) is 13.8 Å². The van der Waals surface area contributed by atoms with Crippen LogP contribution >= 0.6 is 11.3 Å². The maximum Gasteiger partial charge on any atom is 0.225 e. The van der Waals surface area contributed by atoms with Crippen LogP contribution in [-0.2, 0) is 0 Å². The summed E-state index contributed by atoms with van der Waals surface area (Å²) < 4.78 is 0. The van der Waals surface area contributed by atoms with E-state index in [-0.39, 0.29) is 0 Å². The van der Waals surface area contributed by atoms with Crippen molar-refractivity contribution >= 4 is 22.4 Å². The van der Waals surface area contributed by atoms with Crippen molar-refractivity contribution in [1.82, 2.24) is 20.2 Å². The van der Waals surface area contributed by atoms with Crippen molar-refractivity contribution in [3.63, 3.8) is 0 Å². The van der Waals surface area contributed by atoms with E-state index in [4.69, 9.17) is 0 Å². The summed E-state index contributed by atoms with van der Waals surface area (Å²) in [5.74, 6) is 1.50. The highest BCUT2D eigenvalue weighted by molar-refractivity contribution is 7.15. The van der Waals surface area contributed by atoms with Gasteiger partial charge in [0.2, 0.25) is 11.1 Å². The lowest BCUT2D eigenvalue weighted by atomic mass is 9.90. The molecule has 134 valence electrons. The van der Waals surface area contributed by atoms with Gasteiger partial charge >= 0.3 is 0 Å². The smallest absolute Gasteiger partial charge is 0.225 e. The summed E-state index contributed by atoms with van der Waals surface area (Å²) in [6.07, 6.45) is 6.63. The number of rotatable bonds is 3. The Bertz CT molecular complexity index is 696. The number of hydrogen-bond acceptors (Lipinski definition) is 7. The normalized spacial score (nSPS) is 19.4. The predicted molar refractivity (Wildman–Crippen MR) is 102 cm³/mol. The molecule has 0 atom stereocenters. The van der Waals surface area contributed by atoms with E-state index in [1.807, 2.05) is 19.9 Å². The minimum atomic E-state index is 0.643. The molecule has 0 aromatic carbocycles. The van der Waals surface area contributed by atoms with Crippen molar-refractivity contribution in [2.45, 2.75) is 51.9 Å². The molecule has 4 rings (SSSR count). The second-order valence-electron chi connectivity index (χ2n) is 7.18. The first-order valence-corrected chi connectivity index (χ1v) is 10.2. The Balaban J connectivity index is 1.39. The standard InChI is InChI=1S/C18H26N6S/c1-13-12-14(2)20-17(19-13)23-8-10-24(11-9-23)18-22-21-16(25-18)15-6-4-3-5-7-15/h12,15H,3-11H2,1-2H3. The Morgan fingerprint density at radius 3 is 2.20 bits per heavy atom. The molecular formula is C18H26N6S. The fraction of sp³-hybridized carbons (Fsp3) is 0.667. The largest absolute Gasteiger partial charge is 0.343 e. The Hall–Kier alpha value is -1.76. The van der Waals surface area contributed by atoms with Gasteiger partial charge in [-0.1, -0.05) is 30.6 Å². The van der Waals surface area contributed by atoms with Crippen molar-refractivity contribution in [1.29, 1.82) is 0 Å². The number of piperazine rings is 1. The van der Waals surface area contributed by atoms with Crippen LogP contribution in [0.1, 0.15) is 54.4 Å². The average Bonchev–Trinajstić information content (AvgIpc) is 3.12. The summed E-state index contributed by atoms with van der Waals surface area (Å²) in [7, 11) is 0. The highest BCUT2D eigenvalue weighted by atomic mass is 32.1. The Morgan fingerprint density at radius 2 is 1.52 bits per heavy atom. The maximum absolute atomic E-state index is 4.59. The van der Waals surface area contributed by atoms with E-state index in [0.717, 1.165) is 48.6 Å². The zero-order chi connectivity index (χ0) is 17.2. The van der Waals surface area contributed by atoms with Crippen LogP contribution in [-0.4, -0.2) is 46.3 Å². The maximum atomic E-state index is 4.59. The number of hydrogen-bond donors (Lipinski definition) is 0. The highest BCUT2D eigenvalue weighted by Crippen LogP contribution is 2.36. The second-order valence-corrected chi connectivity index (χ2v) is 8.17. The molecule has 0 radical (unpaired) electrons. The van der Waals surface area contributed by atoms with E-state index in [1.54, 1.807) is 11.3 Å². The first-order valence-electron chi connectivity index (χ1n) is 9.34. The fourth-order valence-electron chi connectivity index (χ4n) is 3.82. The van der Waals surface area contributed by atoms with Gasteiger partial charge in [-0.15, -0.1) is 10.2 Å². The first-order chi connectivity index (χ1) is 12.2. The lowest BCUT2D eigenvalue weighted by Crippen LogP contribution is -2.47. The van der Waals surface area contributed by atoms with E-state index >= 15 is 0 Å². The predicted octanol–water partition coefficient (Wildman–Crippen LogP) is 3.32. The fourth-order valence-corrected chi connectivity index (χ4v) is 4.88. The summed E-state index contributed by atoms with van der Waals surface area (Å²) >= 11 is 1.80. The van der Waals surface area contributed by atoms with Gasteiger partial charge in [0.05, 0.1) is 0 Å². The third-order valence-corrected chi connectivity index (χ3v) is 6.33. The molecular weight excluding hydrogens is 332 g/mol. The van der Waals surface area contributed by atoms with Crippen LogP contribution in [0.5, 0.6) is 0 Å². The molecule has 1 saturated carbocycles. The van der Waals surface area contributed by atoms with Gasteiger partial charge < -0.3 is 9.80 Å². The summed E-state index contributed by atoms with van der Waals surface area (Å²) in [6.45, 7) is 7.83. The molecule has 2 fully saturated rings. The highest BCUT2D eigenvalue weighted by Gasteiger charge is 2.24. The molecule has 0 N–H and O–H groups in total. The van der Waals surface area contributed by atoms with E-state index < -0.39 is 0 Å². The van der Waals surface area contributed by atoms with Crippen molar-refractivity contribution < 1.29 is 0 Å².